The number of carbonyl (C=O) groups is 1. The molecule has 2 rings (SSSR count). The molecule has 2 nitrogen and oxygen atoms in total. The molecule has 0 bridgehead atoms. The Balaban J connectivity index is 2.23. The first kappa shape index (κ1) is 15.4. The first-order valence-electron chi connectivity index (χ1n) is 7.70. The summed E-state index contributed by atoms with van der Waals surface area (Å²) in [5.41, 5.74) is 0.881. The maximum absolute atomic E-state index is 12.9. The number of hydrogen-bond acceptors (Lipinski definition) is 2. The molecule has 1 aromatic rings. The summed E-state index contributed by atoms with van der Waals surface area (Å²) in [6.07, 6.45) is 4.61. The van der Waals surface area contributed by atoms with Gasteiger partial charge >= 0.3 is 0 Å². The largest absolute Gasteiger partial charge is 0.336 e. The van der Waals surface area contributed by atoms with Gasteiger partial charge in [-0.15, -0.1) is 11.8 Å². The van der Waals surface area contributed by atoms with E-state index in [0.717, 1.165) is 36.3 Å². The number of amides is 1. The minimum absolute atomic E-state index is 0.223. The van der Waals surface area contributed by atoms with E-state index in [4.69, 9.17) is 0 Å². The maximum atomic E-state index is 12.9. The SMILES string of the molecule is CCC1CCCCN1C(=O)c1ccccc1SC(C)C. The van der Waals surface area contributed by atoms with Gasteiger partial charge < -0.3 is 4.90 Å². The van der Waals surface area contributed by atoms with Crippen LogP contribution in [0.2, 0.25) is 0 Å². The monoisotopic (exact) mass is 291 g/mol. The second kappa shape index (κ2) is 7.16. The Morgan fingerprint density at radius 1 is 1.35 bits per heavy atom. The molecule has 0 spiro atoms. The zero-order chi connectivity index (χ0) is 14.5. The molecule has 1 aliphatic rings. The first-order chi connectivity index (χ1) is 9.63. The summed E-state index contributed by atoms with van der Waals surface area (Å²) in [4.78, 5) is 16.1. The molecule has 1 unspecified atom stereocenters. The number of rotatable bonds is 4. The van der Waals surface area contributed by atoms with Crippen LogP contribution in [0, 0.1) is 0 Å². The first-order valence-corrected chi connectivity index (χ1v) is 8.58. The average molecular weight is 291 g/mol. The van der Waals surface area contributed by atoms with Crippen molar-refractivity contribution in [3.05, 3.63) is 29.8 Å². The van der Waals surface area contributed by atoms with E-state index >= 15 is 0 Å². The predicted molar refractivity (Wildman–Crippen MR) is 86.4 cm³/mol. The van der Waals surface area contributed by atoms with Crippen LogP contribution in [-0.2, 0) is 0 Å². The van der Waals surface area contributed by atoms with Crippen LogP contribution < -0.4 is 0 Å². The van der Waals surface area contributed by atoms with Crippen molar-refractivity contribution in [1.29, 1.82) is 0 Å². The molecular formula is C17H25NOS. The van der Waals surface area contributed by atoms with Crippen molar-refractivity contribution in [2.24, 2.45) is 0 Å². The lowest BCUT2D eigenvalue weighted by atomic mass is 9.99. The second-order valence-electron chi connectivity index (χ2n) is 5.72. The number of hydrogen-bond donors (Lipinski definition) is 0. The van der Waals surface area contributed by atoms with Crippen LogP contribution in [0.3, 0.4) is 0 Å². The van der Waals surface area contributed by atoms with Crippen molar-refractivity contribution in [3.8, 4) is 0 Å². The van der Waals surface area contributed by atoms with Crippen molar-refractivity contribution >= 4 is 17.7 Å². The Hall–Kier alpha value is -0.960. The summed E-state index contributed by atoms with van der Waals surface area (Å²) in [6, 6.07) is 8.47. The Bertz CT molecular complexity index is 458. The quantitative estimate of drug-likeness (QED) is 0.756. The second-order valence-corrected chi connectivity index (χ2v) is 7.34. The molecule has 0 aliphatic carbocycles. The zero-order valence-corrected chi connectivity index (χ0v) is 13.6. The molecule has 1 fully saturated rings. The number of carbonyl (C=O) groups excluding carboxylic acids is 1. The average Bonchev–Trinajstić information content (AvgIpc) is 2.46. The van der Waals surface area contributed by atoms with E-state index < -0.39 is 0 Å². The summed E-state index contributed by atoms with van der Waals surface area (Å²) in [6.45, 7) is 7.44. The van der Waals surface area contributed by atoms with E-state index in [-0.39, 0.29) is 5.91 Å². The van der Waals surface area contributed by atoms with E-state index in [1.807, 2.05) is 18.2 Å². The molecule has 1 aliphatic heterocycles. The zero-order valence-electron chi connectivity index (χ0n) is 12.8. The highest BCUT2D eigenvalue weighted by Crippen LogP contribution is 2.29. The van der Waals surface area contributed by atoms with E-state index in [2.05, 4.69) is 31.7 Å². The fourth-order valence-electron chi connectivity index (χ4n) is 2.85. The molecule has 1 saturated heterocycles. The van der Waals surface area contributed by atoms with Gasteiger partial charge in [0.05, 0.1) is 5.56 Å². The summed E-state index contributed by atoms with van der Waals surface area (Å²) >= 11 is 1.78. The van der Waals surface area contributed by atoms with Gasteiger partial charge in [-0.2, -0.15) is 0 Å². The summed E-state index contributed by atoms with van der Waals surface area (Å²) in [5.74, 6) is 0.223. The number of nitrogens with zero attached hydrogens (tertiary/aromatic N) is 1. The molecule has 1 aromatic carbocycles. The normalized spacial score (nSPS) is 19.4. The van der Waals surface area contributed by atoms with Crippen LogP contribution in [-0.4, -0.2) is 28.6 Å². The molecule has 1 atom stereocenters. The van der Waals surface area contributed by atoms with Gasteiger partial charge in [0, 0.05) is 22.7 Å². The van der Waals surface area contributed by atoms with Gasteiger partial charge in [0.2, 0.25) is 0 Å². The highest BCUT2D eigenvalue weighted by molar-refractivity contribution is 8.00. The molecule has 0 radical (unpaired) electrons. The lowest BCUT2D eigenvalue weighted by molar-refractivity contribution is 0.0604. The highest BCUT2D eigenvalue weighted by atomic mass is 32.2. The molecule has 0 aromatic heterocycles. The van der Waals surface area contributed by atoms with E-state index in [0.29, 0.717) is 11.3 Å². The number of likely N-dealkylation sites (tertiary alicyclic amines) is 1. The number of thioether (sulfide) groups is 1. The lowest BCUT2D eigenvalue weighted by Gasteiger charge is -2.35. The van der Waals surface area contributed by atoms with Crippen LogP contribution in [0.15, 0.2) is 29.2 Å². The summed E-state index contributed by atoms with van der Waals surface area (Å²) in [7, 11) is 0. The van der Waals surface area contributed by atoms with Crippen molar-refractivity contribution in [3.63, 3.8) is 0 Å². The third-order valence-electron chi connectivity index (χ3n) is 3.84. The van der Waals surface area contributed by atoms with Crippen LogP contribution in [0.25, 0.3) is 0 Å². The summed E-state index contributed by atoms with van der Waals surface area (Å²) in [5, 5.41) is 0.493. The third-order valence-corrected chi connectivity index (χ3v) is 4.92. The Morgan fingerprint density at radius 3 is 2.80 bits per heavy atom. The van der Waals surface area contributed by atoms with Crippen LogP contribution in [0.1, 0.15) is 56.8 Å². The Morgan fingerprint density at radius 2 is 2.10 bits per heavy atom. The van der Waals surface area contributed by atoms with E-state index in [1.165, 1.54) is 6.42 Å². The molecule has 3 heteroatoms. The third kappa shape index (κ3) is 3.57. The van der Waals surface area contributed by atoms with Crippen molar-refractivity contribution in [2.75, 3.05) is 6.54 Å². The molecule has 20 heavy (non-hydrogen) atoms. The van der Waals surface area contributed by atoms with Crippen molar-refractivity contribution in [2.45, 2.75) is 62.6 Å². The molecule has 0 saturated carbocycles. The van der Waals surface area contributed by atoms with E-state index in [9.17, 15) is 4.79 Å². The molecule has 110 valence electrons. The van der Waals surface area contributed by atoms with E-state index in [1.54, 1.807) is 11.8 Å². The molecule has 0 N–H and O–H groups in total. The van der Waals surface area contributed by atoms with Gasteiger partial charge in [0.15, 0.2) is 0 Å². The Kier molecular flexibility index (Phi) is 5.53. The Labute approximate surface area is 126 Å². The van der Waals surface area contributed by atoms with Crippen LogP contribution >= 0.6 is 11.8 Å². The fraction of sp³-hybridized carbons (Fsp3) is 0.588. The van der Waals surface area contributed by atoms with Gasteiger partial charge in [0.1, 0.15) is 0 Å². The molecule has 1 amide bonds. The van der Waals surface area contributed by atoms with Gasteiger partial charge in [-0.25, -0.2) is 0 Å². The smallest absolute Gasteiger partial charge is 0.255 e. The molecular weight excluding hydrogens is 266 g/mol. The minimum atomic E-state index is 0.223. The number of piperidine rings is 1. The topological polar surface area (TPSA) is 20.3 Å². The minimum Gasteiger partial charge on any atom is -0.336 e. The standard InChI is InChI=1S/C17H25NOS/c1-4-14-9-7-8-12-18(14)17(19)15-10-5-6-11-16(15)20-13(2)3/h5-6,10-11,13-14H,4,7-9,12H2,1-3H3. The fourth-order valence-corrected chi connectivity index (χ4v) is 3.79. The van der Waals surface area contributed by atoms with Gasteiger partial charge in [-0.1, -0.05) is 32.9 Å². The maximum Gasteiger partial charge on any atom is 0.255 e. The van der Waals surface area contributed by atoms with Gasteiger partial charge in [-0.05, 0) is 37.8 Å². The lowest BCUT2D eigenvalue weighted by Crippen LogP contribution is -2.43. The van der Waals surface area contributed by atoms with Crippen molar-refractivity contribution < 1.29 is 4.79 Å². The number of benzene rings is 1. The molecule has 1 heterocycles. The highest BCUT2D eigenvalue weighted by Gasteiger charge is 2.27. The van der Waals surface area contributed by atoms with Crippen LogP contribution in [0.5, 0.6) is 0 Å². The van der Waals surface area contributed by atoms with Gasteiger partial charge in [0.25, 0.3) is 5.91 Å². The van der Waals surface area contributed by atoms with Crippen molar-refractivity contribution in [1.82, 2.24) is 4.90 Å². The van der Waals surface area contributed by atoms with Gasteiger partial charge in [-0.3, -0.25) is 4.79 Å². The summed E-state index contributed by atoms with van der Waals surface area (Å²) < 4.78 is 0. The predicted octanol–water partition coefficient (Wildman–Crippen LogP) is 4.59. The van der Waals surface area contributed by atoms with Crippen LogP contribution in [0.4, 0.5) is 0 Å².